The molecular formula is C14H21N5OS. The van der Waals surface area contributed by atoms with Gasteiger partial charge in [0.15, 0.2) is 5.13 Å². The Morgan fingerprint density at radius 2 is 2.29 bits per heavy atom. The van der Waals surface area contributed by atoms with Crippen LogP contribution in [-0.4, -0.2) is 37.9 Å². The number of carbonyl (C=O) groups is 1. The minimum atomic E-state index is -0.231. The molecule has 1 unspecified atom stereocenters. The first-order chi connectivity index (χ1) is 10.1. The van der Waals surface area contributed by atoms with Crippen LogP contribution in [0.5, 0.6) is 0 Å². The highest BCUT2D eigenvalue weighted by atomic mass is 32.1. The van der Waals surface area contributed by atoms with Gasteiger partial charge in [-0.2, -0.15) is 0 Å². The fraction of sp³-hybridized carbons (Fsp3) is 0.500. The number of carbonyl (C=O) groups excluding carboxylic acids is 1. The lowest BCUT2D eigenvalue weighted by Gasteiger charge is -2.27. The average molecular weight is 307 g/mol. The molecule has 114 valence electrons. The number of rotatable bonds is 7. The number of hydrogen-bond acceptors (Lipinski definition) is 5. The zero-order valence-electron chi connectivity index (χ0n) is 12.6. The normalized spacial score (nSPS) is 12.6. The van der Waals surface area contributed by atoms with Gasteiger partial charge in [0.05, 0.1) is 12.6 Å². The zero-order chi connectivity index (χ0) is 15.2. The SMILES string of the molecule is CCCN(Cc1nccn1C)C(C)C(=O)Nc1nccs1. The molecule has 0 aliphatic carbocycles. The number of nitrogens with one attached hydrogen (secondary N) is 1. The topological polar surface area (TPSA) is 63.1 Å². The third-order valence-corrected chi connectivity index (χ3v) is 4.05. The molecule has 1 atom stereocenters. The van der Waals surface area contributed by atoms with Gasteiger partial charge in [-0.1, -0.05) is 6.92 Å². The Balaban J connectivity index is 2.02. The van der Waals surface area contributed by atoms with Gasteiger partial charge in [0, 0.05) is 31.0 Å². The fourth-order valence-corrected chi connectivity index (χ4v) is 2.62. The second-order valence-corrected chi connectivity index (χ2v) is 5.82. The first kappa shape index (κ1) is 15.7. The van der Waals surface area contributed by atoms with Crippen LogP contribution in [0, 0.1) is 0 Å². The smallest absolute Gasteiger partial charge is 0.243 e. The largest absolute Gasteiger partial charge is 0.337 e. The highest BCUT2D eigenvalue weighted by molar-refractivity contribution is 7.13. The van der Waals surface area contributed by atoms with Crippen LogP contribution in [0.3, 0.4) is 0 Å². The molecule has 6 nitrogen and oxygen atoms in total. The van der Waals surface area contributed by atoms with Crippen molar-refractivity contribution < 1.29 is 4.79 Å². The van der Waals surface area contributed by atoms with Crippen molar-refractivity contribution in [3.8, 4) is 0 Å². The molecule has 21 heavy (non-hydrogen) atoms. The van der Waals surface area contributed by atoms with E-state index in [0.717, 1.165) is 18.8 Å². The second kappa shape index (κ2) is 7.33. The Hall–Kier alpha value is -1.73. The number of aromatic nitrogens is 3. The van der Waals surface area contributed by atoms with Gasteiger partial charge in [0.25, 0.3) is 0 Å². The molecule has 0 aliphatic rings. The quantitative estimate of drug-likeness (QED) is 0.851. The van der Waals surface area contributed by atoms with Gasteiger partial charge in [0.1, 0.15) is 5.82 Å². The lowest BCUT2D eigenvalue weighted by atomic mass is 10.2. The Morgan fingerprint density at radius 1 is 1.48 bits per heavy atom. The van der Waals surface area contributed by atoms with E-state index in [0.29, 0.717) is 11.7 Å². The molecule has 0 aromatic carbocycles. The van der Waals surface area contributed by atoms with Crippen molar-refractivity contribution in [1.29, 1.82) is 0 Å². The number of aryl methyl sites for hydroxylation is 1. The first-order valence-electron chi connectivity index (χ1n) is 7.02. The molecule has 0 aliphatic heterocycles. The van der Waals surface area contributed by atoms with E-state index in [1.165, 1.54) is 11.3 Å². The van der Waals surface area contributed by atoms with E-state index in [2.05, 4.69) is 27.1 Å². The molecule has 0 saturated carbocycles. The van der Waals surface area contributed by atoms with E-state index in [1.54, 1.807) is 12.4 Å². The van der Waals surface area contributed by atoms with Crippen LogP contribution in [-0.2, 0) is 18.4 Å². The number of thiazole rings is 1. The van der Waals surface area contributed by atoms with E-state index >= 15 is 0 Å². The standard InChI is InChI=1S/C14H21N5OS/c1-4-7-19(10-12-15-5-8-18(12)3)11(2)13(20)17-14-16-6-9-21-14/h5-6,8-9,11H,4,7,10H2,1-3H3,(H,16,17,20). The molecule has 2 rings (SSSR count). The predicted octanol–water partition coefficient (Wildman–Crippen LogP) is 2.12. The van der Waals surface area contributed by atoms with Gasteiger partial charge in [-0.15, -0.1) is 11.3 Å². The van der Waals surface area contributed by atoms with Crippen molar-refractivity contribution in [2.45, 2.75) is 32.9 Å². The molecule has 2 heterocycles. The summed E-state index contributed by atoms with van der Waals surface area (Å²) in [4.78, 5) is 22.9. The van der Waals surface area contributed by atoms with Crippen LogP contribution in [0.4, 0.5) is 5.13 Å². The Labute approximate surface area is 128 Å². The maximum Gasteiger partial charge on any atom is 0.243 e. The van der Waals surface area contributed by atoms with Crippen molar-refractivity contribution in [3.05, 3.63) is 29.8 Å². The van der Waals surface area contributed by atoms with Crippen molar-refractivity contribution in [2.24, 2.45) is 7.05 Å². The molecule has 7 heteroatoms. The Kier molecular flexibility index (Phi) is 5.46. The third kappa shape index (κ3) is 4.12. The van der Waals surface area contributed by atoms with Gasteiger partial charge < -0.3 is 9.88 Å². The summed E-state index contributed by atoms with van der Waals surface area (Å²) in [6.45, 7) is 5.53. The summed E-state index contributed by atoms with van der Waals surface area (Å²) in [5, 5.41) is 5.34. The van der Waals surface area contributed by atoms with E-state index in [4.69, 9.17) is 0 Å². The van der Waals surface area contributed by atoms with Gasteiger partial charge >= 0.3 is 0 Å². The van der Waals surface area contributed by atoms with Crippen molar-refractivity contribution in [3.63, 3.8) is 0 Å². The van der Waals surface area contributed by atoms with Gasteiger partial charge in [-0.3, -0.25) is 9.69 Å². The Bertz CT molecular complexity index is 566. The fourth-order valence-electron chi connectivity index (χ4n) is 2.09. The first-order valence-corrected chi connectivity index (χ1v) is 7.90. The predicted molar refractivity (Wildman–Crippen MR) is 84.1 cm³/mol. The molecule has 1 N–H and O–H groups in total. The summed E-state index contributed by atoms with van der Waals surface area (Å²) < 4.78 is 1.98. The molecule has 0 saturated heterocycles. The highest BCUT2D eigenvalue weighted by Crippen LogP contribution is 2.13. The zero-order valence-corrected chi connectivity index (χ0v) is 13.4. The lowest BCUT2D eigenvalue weighted by molar-refractivity contribution is -0.121. The van der Waals surface area contributed by atoms with Crippen LogP contribution < -0.4 is 5.32 Å². The van der Waals surface area contributed by atoms with Gasteiger partial charge in [-0.25, -0.2) is 9.97 Å². The maximum atomic E-state index is 12.3. The molecule has 0 bridgehead atoms. The van der Waals surface area contributed by atoms with Crippen LogP contribution >= 0.6 is 11.3 Å². The Morgan fingerprint density at radius 3 is 2.86 bits per heavy atom. The van der Waals surface area contributed by atoms with Gasteiger partial charge in [0.2, 0.25) is 5.91 Å². The summed E-state index contributed by atoms with van der Waals surface area (Å²) in [5.41, 5.74) is 0. The monoisotopic (exact) mass is 307 g/mol. The molecule has 0 fully saturated rings. The lowest BCUT2D eigenvalue weighted by Crippen LogP contribution is -2.42. The van der Waals surface area contributed by atoms with Crippen LogP contribution in [0.25, 0.3) is 0 Å². The van der Waals surface area contributed by atoms with Crippen LogP contribution in [0.2, 0.25) is 0 Å². The number of nitrogens with zero attached hydrogens (tertiary/aromatic N) is 4. The van der Waals surface area contributed by atoms with E-state index in [9.17, 15) is 4.79 Å². The van der Waals surface area contributed by atoms with E-state index < -0.39 is 0 Å². The summed E-state index contributed by atoms with van der Waals surface area (Å²) in [6.07, 6.45) is 6.36. The van der Waals surface area contributed by atoms with Crippen molar-refractivity contribution in [2.75, 3.05) is 11.9 Å². The summed E-state index contributed by atoms with van der Waals surface area (Å²) in [5.74, 6) is 0.921. The molecule has 1 amide bonds. The number of hydrogen-bond donors (Lipinski definition) is 1. The second-order valence-electron chi connectivity index (χ2n) is 4.93. The van der Waals surface area contributed by atoms with E-state index in [-0.39, 0.29) is 11.9 Å². The van der Waals surface area contributed by atoms with Crippen LogP contribution in [0.15, 0.2) is 24.0 Å². The minimum absolute atomic E-state index is 0.0346. The molecule has 0 spiro atoms. The summed E-state index contributed by atoms with van der Waals surface area (Å²) in [6, 6.07) is -0.231. The molecule has 0 radical (unpaired) electrons. The summed E-state index contributed by atoms with van der Waals surface area (Å²) in [7, 11) is 1.97. The number of amides is 1. The van der Waals surface area contributed by atoms with Crippen molar-refractivity contribution in [1.82, 2.24) is 19.4 Å². The third-order valence-electron chi connectivity index (χ3n) is 3.37. The number of imidazole rings is 1. The average Bonchev–Trinajstić information content (AvgIpc) is 3.10. The highest BCUT2D eigenvalue weighted by Gasteiger charge is 2.22. The summed E-state index contributed by atoms with van der Waals surface area (Å²) >= 11 is 1.42. The maximum absolute atomic E-state index is 12.3. The van der Waals surface area contributed by atoms with Crippen LogP contribution in [0.1, 0.15) is 26.1 Å². The number of anilines is 1. The van der Waals surface area contributed by atoms with Crippen molar-refractivity contribution >= 4 is 22.4 Å². The van der Waals surface area contributed by atoms with Gasteiger partial charge in [-0.05, 0) is 19.9 Å². The van der Waals surface area contributed by atoms with E-state index in [1.807, 2.05) is 30.1 Å². The molecule has 2 aromatic heterocycles. The molecule has 2 aromatic rings. The molecular weight excluding hydrogens is 286 g/mol. The minimum Gasteiger partial charge on any atom is -0.337 e.